The van der Waals surface area contributed by atoms with Crippen LogP contribution in [0.2, 0.25) is 0 Å². The van der Waals surface area contributed by atoms with E-state index in [-0.39, 0.29) is 5.56 Å². The highest BCUT2D eigenvalue weighted by atomic mass is 16.1. The number of nitrogens with zero attached hydrogens (tertiary/aromatic N) is 2. The number of hydrogen-bond acceptors (Lipinski definition) is 2. The Bertz CT molecular complexity index is 1070. The monoisotopic (exact) mass is 300 g/mol. The van der Waals surface area contributed by atoms with Crippen LogP contribution < -0.4 is 5.56 Å². The molecule has 3 aromatic carbocycles. The van der Waals surface area contributed by atoms with Crippen LogP contribution >= 0.6 is 0 Å². The van der Waals surface area contributed by atoms with Gasteiger partial charge in [-0.25, -0.2) is 4.98 Å². The first-order valence-electron chi connectivity index (χ1n) is 7.65. The molecule has 0 aliphatic rings. The molecule has 0 radical (unpaired) electrons. The van der Waals surface area contributed by atoms with E-state index in [0.29, 0.717) is 12.1 Å². The average Bonchev–Trinajstić information content (AvgIpc) is 2.60. The van der Waals surface area contributed by atoms with Crippen LogP contribution in [0.25, 0.3) is 21.8 Å². The van der Waals surface area contributed by atoms with Crippen molar-refractivity contribution in [2.24, 2.45) is 7.05 Å². The molecule has 0 amide bonds. The molecule has 0 saturated heterocycles. The van der Waals surface area contributed by atoms with Crippen LogP contribution in [0.4, 0.5) is 0 Å². The zero-order valence-corrected chi connectivity index (χ0v) is 12.9. The fraction of sp³-hybridized carbons (Fsp3) is 0.100. The number of aromatic nitrogens is 2. The molecule has 0 bridgehead atoms. The fourth-order valence-corrected chi connectivity index (χ4v) is 3.08. The normalized spacial score (nSPS) is 11.2. The lowest BCUT2D eigenvalue weighted by Crippen LogP contribution is -2.23. The largest absolute Gasteiger partial charge is 0.308 e. The molecule has 4 aromatic rings. The van der Waals surface area contributed by atoms with Crippen molar-refractivity contribution < 1.29 is 0 Å². The van der Waals surface area contributed by atoms with E-state index in [2.05, 4.69) is 29.2 Å². The molecule has 1 aromatic heterocycles. The smallest absolute Gasteiger partial charge is 0.272 e. The maximum Gasteiger partial charge on any atom is 0.272 e. The van der Waals surface area contributed by atoms with Crippen LogP contribution in [0.15, 0.2) is 71.5 Å². The van der Waals surface area contributed by atoms with Crippen molar-refractivity contribution in [3.8, 4) is 0 Å². The summed E-state index contributed by atoms with van der Waals surface area (Å²) in [4.78, 5) is 17.2. The van der Waals surface area contributed by atoms with E-state index in [1.807, 2.05) is 42.5 Å². The third kappa shape index (κ3) is 2.30. The second kappa shape index (κ2) is 5.36. The van der Waals surface area contributed by atoms with E-state index in [1.54, 1.807) is 11.6 Å². The maximum atomic E-state index is 12.6. The van der Waals surface area contributed by atoms with Crippen molar-refractivity contribution in [3.63, 3.8) is 0 Å². The first-order chi connectivity index (χ1) is 11.2. The first kappa shape index (κ1) is 13.7. The molecule has 1 heterocycles. The van der Waals surface area contributed by atoms with Gasteiger partial charge in [0, 0.05) is 13.5 Å². The summed E-state index contributed by atoms with van der Waals surface area (Å²) in [7, 11) is 1.80. The Kier molecular flexibility index (Phi) is 3.19. The van der Waals surface area contributed by atoms with Crippen LogP contribution in [0.1, 0.15) is 11.3 Å². The number of rotatable bonds is 2. The average molecular weight is 300 g/mol. The predicted octanol–water partition coefficient (Wildman–Crippen LogP) is 3.68. The molecular weight excluding hydrogens is 284 g/mol. The van der Waals surface area contributed by atoms with E-state index in [1.165, 1.54) is 10.8 Å². The first-order valence-corrected chi connectivity index (χ1v) is 7.65. The minimum Gasteiger partial charge on any atom is -0.308 e. The fourth-order valence-electron chi connectivity index (χ4n) is 3.08. The van der Waals surface area contributed by atoms with Crippen molar-refractivity contribution in [1.29, 1.82) is 0 Å². The Hall–Kier alpha value is -2.94. The zero-order chi connectivity index (χ0) is 15.8. The molecule has 0 N–H and O–H groups in total. The van der Waals surface area contributed by atoms with Crippen LogP contribution in [0.5, 0.6) is 0 Å². The molecule has 0 spiro atoms. The summed E-state index contributed by atoms with van der Waals surface area (Å²) in [6.45, 7) is 0. The number of fused-ring (bicyclic) bond motifs is 2. The van der Waals surface area contributed by atoms with Gasteiger partial charge in [0.05, 0.1) is 11.0 Å². The standard InChI is InChI=1S/C20H16N2O/c1-22-19-12-5-4-11-17(19)21-18(20(22)23)13-15-9-6-8-14-7-2-3-10-16(14)15/h2-12H,13H2,1H3. The molecule has 112 valence electrons. The Morgan fingerprint density at radius 2 is 1.65 bits per heavy atom. The predicted molar refractivity (Wildman–Crippen MR) is 93.7 cm³/mol. The van der Waals surface area contributed by atoms with Gasteiger partial charge >= 0.3 is 0 Å². The SMILES string of the molecule is Cn1c(=O)c(Cc2cccc3ccccc23)nc2ccccc21. The molecule has 3 nitrogen and oxygen atoms in total. The number of hydrogen-bond donors (Lipinski definition) is 0. The number of para-hydroxylation sites is 2. The summed E-state index contributed by atoms with van der Waals surface area (Å²) in [5.74, 6) is 0. The summed E-state index contributed by atoms with van der Waals surface area (Å²) in [6, 6.07) is 22.2. The lowest BCUT2D eigenvalue weighted by Gasteiger charge is -2.09. The van der Waals surface area contributed by atoms with E-state index in [4.69, 9.17) is 0 Å². The van der Waals surface area contributed by atoms with Gasteiger partial charge in [-0.05, 0) is 28.5 Å². The summed E-state index contributed by atoms with van der Waals surface area (Å²) >= 11 is 0. The van der Waals surface area contributed by atoms with Crippen molar-refractivity contribution in [3.05, 3.63) is 88.3 Å². The quantitative estimate of drug-likeness (QED) is 0.566. The summed E-state index contributed by atoms with van der Waals surface area (Å²) < 4.78 is 1.68. The maximum absolute atomic E-state index is 12.6. The van der Waals surface area contributed by atoms with Gasteiger partial charge < -0.3 is 4.57 Å². The van der Waals surface area contributed by atoms with E-state index in [9.17, 15) is 4.79 Å². The van der Waals surface area contributed by atoms with Crippen molar-refractivity contribution in [2.75, 3.05) is 0 Å². The van der Waals surface area contributed by atoms with E-state index >= 15 is 0 Å². The van der Waals surface area contributed by atoms with E-state index in [0.717, 1.165) is 16.6 Å². The van der Waals surface area contributed by atoms with Gasteiger partial charge in [0.2, 0.25) is 0 Å². The summed E-state index contributed by atoms with van der Waals surface area (Å²) in [5.41, 5.74) is 3.39. The second-order valence-electron chi connectivity index (χ2n) is 5.73. The molecular formula is C20H16N2O. The summed E-state index contributed by atoms with van der Waals surface area (Å²) in [5, 5.41) is 2.36. The number of benzene rings is 3. The Balaban J connectivity index is 1.90. The third-order valence-electron chi connectivity index (χ3n) is 4.29. The molecule has 0 aliphatic carbocycles. The van der Waals surface area contributed by atoms with Crippen LogP contribution in [0, 0.1) is 0 Å². The molecule has 23 heavy (non-hydrogen) atoms. The molecule has 0 fully saturated rings. The Morgan fingerprint density at radius 1 is 0.913 bits per heavy atom. The van der Waals surface area contributed by atoms with Gasteiger partial charge in [-0.15, -0.1) is 0 Å². The van der Waals surface area contributed by atoms with Gasteiger partial charge in [-0.2, -0.15) is 0 Å². The highest BCUT2D eigenvalue weighted by Gasteiger charge is 2.10. The third-order valence-corrected chi connectivity index (χ3v) is 4.29. The molecule has 0 saturated carbocycles. The van der Waals surface area contributed by atoms with Gasteiger partial charge in [0.15, 0.2) is 0 Å². The molecule has 0 atom stereocenters. The van der Waals surface area contributed by atoms with Crippen molar-refractivity contribution in [1.82, 2.24) is 9.55 Å². The van der Waals surface area contributed by atoms with E-state index < -0.39 is 0 Å². The molecule has 0 aliphatic heterocycles. The molecule has 4 rings (SSSR count). The van der Waals surface area contributed by atoms with Crippen molar-refractivity contribution >= 4 is 21.8 Å². The molecule has 3 heteroatoms. The lowest BCUT2D eigenvalue weighted by molar-refractivity contribution is 0.856. The van der Waals surface area contributed by atoms with Gasteiger partial charge in [0.1, 0.15) is 5.69 Å². The van der Waals surface area contributed by atoms with Gasteiger partial charge in [-0.1, -0.05) is 54.6 Å². The van der Waals surface area contributed by atoms with Crippen molar-refractivity contribution in [2.45, 2.75) is 6.42 Å². The van der Waals surface area contributed by atoms with Crippen LogP contribution in [-0.2, 0) is 13.5 Å². The zero-order valence-electron chi connectivity index (χ0n) is 12.9. The highest BCUT2D eigenvalue weighted by Crippen LogP contribution is 2.20. The molecule has 0 unspecified atom stereocenters. The number of aryl methyl sites for hydroxylation is 1. The second-order valence-corrected chi connectivity index (χ2v) is 5.73. The Morgan fingerprint density at radius 3 is 2.57 bits per heavy atom. The van der Waals surface area contributed by atoms with Gasteiger partial charge in [0.25, 0.3) is 5.56 Å². The van der Waals surface area contributed by atoms with Crippen LogP contribution in [0.3, 0.4) is 0 Å². The van der Waals surface area contributed by atoms with Crippen LogP contribution in [-0.4, -0.2) is 9.55 Å². The minimum atomic E-state index is -0.0309. The minimum absolute atomic E-state index is 0.0309. The summed E-state index contributed by atoms with van der Waals surface area (Å²) in [6.07, 6.45) is 0.541. The highest BCUT2D eigenvalue weighted by molar-refractivity contribution is 5.86. The lowest BCUT2D eigenvalue weighted by atomic mass is 10.0. The topological polar surface area (TPSA) is 34.9 Å². The van der Waals surface area contributed by atoms with Gasteiger partial charge in [-0.3, -0.25) is 4.79 Å². The Labute approximate surface area is 133 Å².